The highest BCUT2D eigenvalue weighted by Gasteiger charge is 2.31. The van der Waals surface area contributed by atoms with Crippen molar-refractivity contribution in [3.63, 3.8) is 0 Å². The van der Waals surface area contributed by atoms with Gasteiger partial charge in [0.2, 0.25) is 29.5 Å². The van der Waals surface area contributed by atoms with E-state index in [1.54, 1.807) is 12.2 Å². The fourth-order valence-corrected chi connectivity index (χ4v) is 4.90. The number of hydrogen-bond acceptors (Lipinski definition) is 7. The molecular weight excluding hydrogens is 606 g/mol. The zero-order valence-corrected chi connectivity index (χ0v) is 26.0. The Balaban J connectivity index is 1.93. The van der Waals surface area contributed by atoms with Crippen LogP contribution in [0, 0.1) is 0 Å². The highest BCUT2D eigenvalue weighted by molar-refractivity contribution is 5.96. The van der Waals surface area contributed by atoms with E-state index >= 15 is 0 Å². The molecule has 0 saturated carbocycles. The molecule has 252 valence electrons. The smallest absolute Gasteiger partial charge is 0.243 e. The lowest BCUT2D eigenvalue weighted by atomic mass is 9.99. The predicted octanol–water partition coefficient (Wildman–Crippen LogP) is -2.13. The normalized spacial score (nSPS) is 21.2. The Morgan fingerprint density at radius 2 is 1.40 bits per heavy atom. The topological polar surface area (TPSA) is 288 Å². The van der Waals surface area contributed by atoms with Crippen molar-refractivity contribution in [2.24, 2.45) is 38.7 Å². The minimum absolute atomic E-state index is 0.00618. The second-order valence-electron chi connectivity index (χ2n) is 11.0. The highest BCUT2D eigenvalue weighted by atomic mass is 16.2. The van der Waals surface area contributed by atoms with Crippen molar-refractivity contribution in [1.82, 2.24) is 21.3 Å². The van der Waals surface area contributed by atoms with Gasteiger partial charge in [-0.15, -0.1) is 0 Å². The van der Waals surface area contributed by atoms with Crippen molar-refractivity contribution in [2.45, 2.75) is 62.7 Å². The van der Waals surface area contributed by atoms with Crippen molar-refractivity contribution in [3.05, 3.63) is 60.2 Å². The molecule has 1 heterocycles. The lowest BCUT2D eigenvalue weighted by Gasteiger charge is -2.26. The van der Waals surface area contributed by atoms with Crippen molar-refractivity contribution >= 4 is 52.2 Å². The third-order valence-corrected chi connectivity index (χ3v) is 7.32. The van der Waals surface area contributed by atoms with E-state index in [0.29, 0.717) is 6.42 Å². The van der Waals surface area contributed by atoms with Gasteiger partial charge >= 0.3 is 0 Å². The summed E-state index contributed by atoms with van der Waals surface area (Å²) in [6, 6.07) is 8.87. The SMILES string of the molecule is NC(=O)[C@H]1C/C=C/C[C@H](NC(=O)CCN=C(N)N)C(=O)N[C@@H](CCCN=C(N)N)C(=O)N[C@@H](Cc2ccc3ccccc3c2)C(=O)N1. The van der Waals surface area contributed by atoms with E-state index < -0.39 is 53.7 Å². The lowest BCUT2D eigenvalue weighted by Crippen LogP contribution is -2.58. The molecule has 1 aliphatic heterocycles. The number of nitrogens with one attached hydrogen (secondary N) is 4. The van der Waals surface area contributed by atoms with Crippen LogP contribution in [0.5, 0.6) is 0 Å². The number of guanidine groups is 2. The molecule has 4 atom stereocenters. The Morgan fingerprint density at radius 3 is 2.11 bits per heavy atom. The van der Waals surface area contributed by atoms with Crippen molar-refractivity contribution in [1.29, 1.82) is 0 Å². The molecule has 0 fully saturated rings. The molecule has 0 aliphatic carbocycles. The standard InChI is InChI=1S/C31H43N11O5/c32-26(44)21-8-3-4-9-22(39-25(43)13-15-38-31(35)36)27(45)41-23(10-5-14-37-30(33)34)28(46)42-24(29(47)40-21)17-18-11-12-19-6-1-2-7-20(19)16-18/h1-4,6-7,11-12,16,21-24H,5,8-10,13-15,17H2,(H2,32,44)(H,39,43)(H,40,47)(H,41,45)(H,42,46)(H4,33,34,37)(H4,35,36,38)/b4-3+/t21-,22+,23+,24+/m1/s1. The van der Waals surface area contributed by atoms with Gasteiger partial charge in [-0.1, -0.05) is 54.6 Å². The number of primary amides is 1. The van der Waals surface area contributed by atoms with E-state index in [9.17, 15) is 24.0 Å². The van der Waals surface area contributed by atoms with Crippen LogP contribution in [0.4, 0.5) is 0 Å². The molecule has 0 aromatic heterocycles. The maximum Gasteiger partial charge on any atom is 0.243 e. The van der Waals surface area contributed by atoms with Gasteiger partial charge in [-0.05, 0) is 42.0 Å². The first-order valence-electron chi connectivity index (χ1n) is 15.2. The number of fused-ring (bicyclic) bond motifs is 1. The third-order valence-electron chi connectivity index (χ3n) is 7.32. The van der Waals surface area contributed by atoms with Crippen LogP contribution in [0.1, 0.15) is 37.7 Å². The van der Waals surface area contributed by atoms with Crippen LogP contribution in [0.3, 0.4) is 0 Å². The van der Waals surface area contributed by atoms with Gasteiger partial charge in [-0.3, -0.25) is 34.0 Å². The van der Waals surface area contributed by atoms with Gasteiger partial charge in [-0.25, -0.2) is 0 Å². The summed E-state index contributed by atoms with van der Waals surface area (Å²) in [5.74, 6) is -3.54. The van der Waals surface area contributed by atoms with E-state index in [2.05, 4.69) is 31.3 Å². The van der Waals surface area contributed by atoms with E-state index in [-0.39, 0.29) is 57.1 Å². The van der Waals surface area contributed by atoms with Crippen molar-refractivity contribution in [3.8, 4) is 0 Å². The maximum absolute atomic E-state index is 13.7. The summed E-state index contributed by atoms with van der Waals surface area (Å²) in [5.41, 5.74) is 27.8. The molecule has 1 aliphatic rings. The number of aliphatic imine (C=N–C) groups is 2. The van der Waals surface area contributed by atoms with Crippen LogP contribution in [0.2, 0.25) is 0 Å². The fourth-order valence-electron chi connectivity index (χ4n) is 4.90. The first kappa shape index (κ1) is 35.8. The van der Waals surface area contributed by atoms with Crippen molar-refractivity contribution < 1.29 is 24.0 Å². The van der Waals surface area contributed by atoms with Crippen LogP contribution in [-0.4, -0.2) is 78.7 Å². The molecule has 2 aromatic carbocycles. The summed E-state index contributed by atoms with van der Waals surface area (Å²) in [6.45, 7) is 0.184. The zero-order chi connectivity index (χ0) is 34.3. The predicted molar refractivity (Wildman–Crippen MR) is 178 cm³/mol. The molecule has 5 amide bonds. The Kier molecular flexibility index (Phi) is 13.5. The van der Waals surface area contributed by atoms with Crippen molar-refractivity contribution in [2.75, 3.05) is 13.1 Å². The van der Waals surface area contributed by atoms with Gasteiger partial charge in [0.1, 0.15) is 24.2 Å². The molecule has 16 nitrogen and oxygen atoms in total. The highest BCUT2D eigenvalue weighted by Crippen LogP contribution is 2.17. The molecule has 47 heavy (non-hydrogen) atoms. The molecule has 0 saturated heterocycles. The quantitative estimate of drug-likeness (QED) is 0.0555. The minimum atomic E-state index is -1.14. The number of carbonyl (C=O) groups is 5. The van der Waals surface area contributed by atoms with Crippen LogP contribution >= 0.6 is 0 Å². The number of amides is 5. The molecular formula is C31H43N11O5. The number of rotatable bonds is 11. The summed E-state index contributed by atoms with van der Waals surface area (Å²) in [5, 5.41) is 12.7. The summed E-state index contributed by atoms with van der Waals surface area (Å²) < 4.78 is 0. The largest absolute Gasteiger partial charge is 0.370 e. The van der Waals surface area contributed by atoms with Gasteiger partial charge in [0, 0.05) is 19.4 Å². The molecule has 3 rings (SSSR count). The molecule has 0 radical (unpaired) electrons. The first-order chi connectivity index (χ1) is 22.4. The summed E-state index contributed by atoms with van der Waals surface area (Å²) >= 11 is 0. The number of benzene rings is 2. The molecule has 16 heteroatoms. The summed E-state index contributed by atoms with van der Waals surface area (Å²) in [4.78, 5) is 73.4. The number of nitrogens with two attached hydrogens (primary N) is 5. The van der Waals surface area contributed by atoms with Crippen LogP contribution in [0.15, 0.2) is 64.6 Å². The van der Waals surface area contributed by atoms with Gasteiger partial charge < -0.3 is 49.9 Å². The average molecular weight is 650 g/mol. The fraction of sp³-hybridized carbons (Fsp3) is 0.387. The minimum Gasteiger partial charge on any atom is -0.370 e. The average Bonchev–Trinajstić information content (AvgIpc) is 3.01. The number of hydrogen-bond donors (Lipinski definition) is 9. The summed E-state index contributed by atoms with van der Waals surface area (Å²) in [6.07, 6.45) is 3.56. The van der Waals surface area contributed by atoms with Crippen LogP contribution < -0.4 is 49.9 Å². The number of nitrogens with zero attached hydrogens (tertiary/aromatic N) is 2. The Labute approximate surface area is 272 Å². The Morgan fingerprint density at radius 1 is 0.766 bits per heavy atom. The van der Waals surface area contributed by atoms with E-state index in [4.69, 9.17) is 28.7 Å². The van der Waals surface area contributed by atoms with Crippen LogP contribution in [-0.2, 0) is 30.4 Å². The monoisotopic (exact) mass is 649 g/mol. The first-order valence-corrected chi connectivity index (χ1v) is 15.2. The molecule has 14 N–H and O–H groups in total. The second kappa shape index (κ2) is 17.7. The van der Waals surface area contributed by atoms with Gasteiger partial charge in [0.05, 0.1) is 6.54 Å². The van der Waals surface area contributed by atoms with E-state index in [1.807, 2.05) is 42.5 Å². The number of carbonyl (C=O) groups excluding carboxylic acids is 5. The van der Waals surface area contributed by atoms with Gasteiger partial charge in [0.25, 0.3) is 0 Å². The second-order valence-corrected chi connectivity index (χ2v) is 11.0. The molecule has 0 bridgehead atoms. The molecule has 0 spiro atoms. The zero-order valence-electron chi connectivity index (χ0n) is 26.0. The third kappa shape index (κ3) is 12.0. The Hall–Kier alpha value is -5.67. The molecule has 0 unspecified atom stereocenters. The van der Waals surface area contributed by atoms with Gasteiger partial charge in [-0.2, -0.15) is 0 Å². The van der Waals surface area contributed by atoms with Gasteiger partial charge in [0.15, 0.2) is 11.9 Å². The molecule has 2 aromatic rings. The lowest BCUT2D eigenvalue weighted by molar-refractivity contribution is -0.134. The van der Waals surface area contributed by atoms with Crippen LogP contribution in [0.25, 0.3) is 10.8 Å². The Bertz CT molecular complexity index is 1530. The summed E-state index contributed by atoms with van der Waals surface area (Å²) in [7, 11) is 0. The van der Waals surface area contributed by atoms with E-state index in [0.717, 1.165) is 16.3 Å². The maximum atomic E-state index is 13.7. The van der Waals surface area contributed by atoms with E-state index in [1.165, 1.54) is 0 Å².